The van der Waals surface area contributed by atoms with Crippen LogP contribution in [0.2, 0.25) is 0 Å². The van der Waals surface area contributed by atoms with E-state index in [0.29, 0.717) is 18.3 Å². The number of sulfone groups is 1. The summed E-state index contributed by atoms with van der Waals surface area (Å²) in [6.45, 7) is 1.15. The summed E-state index contributed by atoms with van der Waals surface area (Å²) in [4.78, 5) is 19.5. The van der Waals surface area contributed by atoms with Crippen molar-refractivity contribution < 1.29 is 17.9 Å². The molecule has 2 aromatic carbocycles. The lowest BCUT2D eigenvalue weighted by Crippen LogP contribution is -2.37. The number of rotatable bonds is 9. The second kappa shape index (κ2) is 10.4. The number of benzene rings is 2. The molecule has 0 bridgehead atoms. The monoisotopic (exact) mass is 536 g/mol. The van der Waals surface area contributed by atoms with E-state index in [-0.39, 0.29) is 36.4 Å². The van der Waals surface area contributed by atoms with Gasteiger partial charge in [0.2, 0.25) is 5.91 Å². The zero-order valence-electron chi connectivity index (χ0n) is 17.6. The molecule has 32 heavy (non-hydrogen) atoms. The van der Waals surface area contributed by atoms with Gasteiger partial charge < -0.3 is 4.74 Å². The molecular formula is C23H25BrN2O4S2. The summed E-state index contributed by atoms with van der Waals surface area (Å²) in [5, 5.41) is 0.630. The number of thiazole rings is 1. The highest BCUT2D eigenvalue weighted by Gasteiger charge is 2.26. The van der Waals surface area contributed by atoms with Crippen molar-refractivity contribution >= 4 is 58.4 Å². The molecule has 1 aliphatic rings. The number of fused-ring (bicyclic) bond motifs is 1. The van der Waals surface area contributed by atoms with E-state index < -0.39 is 9.84 Å². The molecule has 1 aromatic heterocycles. The first-order valence-corrected chi connectivity index (χ1v) is 14.1. The van der Waals surface area contributed by atoms with Crippen LogP contribution in [0.25, 0.3) is 10.2 Å². The van der Waals surface area contributed by atoms with Gasteiger partial charge in [-0.25, -0.2) is 13.4 Å². The Labute approximate surface area is 200 Å². The van der Waals surface area contributed by atoms with Crippen LogP contribution in [0.3, 0.4) is 0 Å². The van der Waals surface area contributed by atoms with Gasteiger partial charge in [0.15, 0.2) is 15.0 Å². The summed E-state index contributed by atoms with van der Waals surface area (Å²) >= 11 is 4.94. The molecule has 1 aliphatic heterocycles. The first kappa shape index (κ1) is 23.4. The summed E-state index contributed by atoms with van der Waals surface area (Å²) in [6, 6.07) is 15.0. The van der Waals surface area contributed by atoms with Crippen LogP contribution in [-0.2, 0) is 25.1 Å². The molecular weight excluding hydrogens is 512 g/mol. The van der Waals surface area contributed by atoms with Gasteiger partial charge in [0.05, 0.1) is 34.4 Å². The van der Waals surface area contributed by atoms with E-state index in [1.807, 2.05) is 36.4 Å². The van der Waals surface area contributed by atoms with Crippen LogP contribution in [0.5, 0.6) is 0 Å². The summed E-state index contributed by atoms with van der Waals surface area (Å²) in [7, 11) is -3.28. The van der Waals surface area contributed by atoms with Crippen molar-refractivity contribution in [1.29, 1.82) is 0 Å². The number of carbonyl (C=O) groups excluding carboxylic acids is 1. The van der Waals surface area contributed by atoms with Crippen LogP contribution in [-0.4, -0.2) is 44.3 Å². The normalized spacial score (nSPS) is 16.5. The summed E-state index contributed by atoms with van der Waals surface area (Å²) in [5.74, 6) is -0.142. The number of carbonyl (C=O) groups is 1. The maximum absolute atomic E-state index is 13.2. The third-order valence-electron chi connectivity index (χ3n) is 5.36. The van der Waals surface area contributed by atoms with Crippen molar-refractivity contribution in [1.82, 2.24) is 4.98 Å². The van der Waals surface area contributed by atoms with Crippen molar-refractivity contribution in [3.63, 3.8) is 0 Å². The number of hydrogen-bond donors (Lipinski definition) is 0. The second-order valence-electron chi connectivity index (χ2n) is 7.93. The molecule has 6 nitrogen and oxygen atoms in total. The van der Waals surface area contributed by atoms with Gasteiger partial charge in [-0.1, -0.05) is 57.6 Å². The van der Waals surface area contributed by atoms with Gasteiger partial charge in [0.1, 0.15) is 0 Å². The number of anilines is 1. The van der Waals surface area contributed by atoms with Gasteiger partial charge in [-0.2, -0.15) is 0 Å². The maximum atomic E-state index is 13.2. The molecule has 0 aliphatic carbocycles. The Morgan fingerprint density at radius 3 is 2.78 bits per heavy atom. The van der Waals surface area contributed by atoms with Gasteiger partial charge in [0, 0.05) is 17.5 Å². The Bertz CT molecular complexity index is 1180. The lowest BCUT2D eigenvalue weighted by Gasteiger charge is -2.23. The number of nitrogens with zero attached hydrogens (tertiary/aromatic N) is 2. The third-order valence-corrected chi connectivity index (χ3v) is 8.57. The van der Waals surface area contributed by atoms with Gasteiger partial charge in [-0.05, 0) is 43.0 Å². The zero-order chi connectivity index (χ0) is 22.6. The molecule has 0 N–H and O–H groups in total. The molecule has 0 spiro atoms. The Morgan fingerprint density at radius 1 is 1.22 bits per heavy atom. The van der Waals surface area contributed by atoms with Crippen molar-refractivity contribution in [3.05, 3.63) is 58.6 Å². The number of hydrogen-bond acceptors (Lipinski definition) is 6. The lowest BCUT2D eigenvalue weighted by molar-refractivity contribution is -0.119. The fourth-order valence-electron chi connectivity index (χ4n) is 3.76. The number of aromatic nitrogens is 1. The lowest BCUT2D eigenvalue weighted by atomic mass is 10.2. The predicted molar refractivity (Wildman–Crippen MR) is 132 cm³/mol. The molecule has 1 atom stereocenters. The largest absolute Gasteiger partial charge is 0.376 e. The predicted octanol–water partition coefficient (Wildman–Crippen LogP) is 4.97. The molecule has 1 fully saturated rings. The minimum atomic E-state index is -3.28. The van der Waals surface area contributed by atoms with Crippen molar-refractivity contribution in [2.24, 2.45) is 0 Å². The molecule has 0 saturated carbocycles. The molecule has 1 amide bonds. The third kappa shape index (κ3) is 6.15. The van der Waals surface area contributed by atoms with Crippen molar-refractivity contribution in [2.75, 3.05) is 23.8 Å². The van der Waals surface area contributed by atoms with Crippen LogP contribution in [0, 0.1) is 0 Å². The standard InChI is InChI=1S/C23H25BrN2O4S2/c24-18-10-11-20-21(14-18)31-23(25-20)26(15-19-8-4-12-30-19)22(27)9-5-13-32(28,29)16-17-6-2-1-3-7-17/h1-3,6-7,10-11,14,19H,4-5,8-9,12-13,15-16H2. The smallest absolute Gasteiger partial charge is 0.228 e. The van der Waals surface area contributed by atoms with Crippen molar-refractivity contribution in [2.45, 2.75) is 37.5 Å². The van der Waals surface area contributed by atoms with Gasteiger partial charge in [-0.3, -0.25) is 9.69 Å². The van der Waals surface area contributed by atoms with Crippen LogP contribution in [0.4, 0.5) is 5.13 Å². The van der Waals surface area contributed by atoms with Gasteiger partial charge in [0.25, 0.3) is 0 Å². The molecule has 170 valence electrons. The fraction of sp³-hybridized carbons (Fsp3) is 0.391. The molecule has 0 radical (unpaired) electrons. The molecule has 9 heteroatoms. The van der Waals surface area contributed by atoms with E-state index in [9.17, 15) is 13.2 Å². The van der Waals surface area contributed by atoms with Crippen LogP contribution in [0.1, 0.15) is 31.2 Å². The van der Waals surface area contributed by atoms with E-state index >= 15 is 0 Å². The number of ether oxygens (including phenoxy) is 1. The van der Waals surface area contributed by atoms with Gasteiger partial charge in [-0.15, -0.1) is 0 Å². The average molecular weight is 538 g/mol. The highest BCUT2D eigenvalue weighted by Crippen LogP contribution is 2.32. The van der Waals surface area contributed by atoms with E-state index in [0.717, 1.165) is 33.1 Å². The topological polar surface area (TPSA) is 76.6 Å². The molecule has 3 aromatic rings. The highest BCUT2D eigenvalue weighted by atomic mass is 79.9. The maximum Gasteiger partial charge on any atom is 0.228 e. The molecule has 1 unspecified atom stereocenters. The Kier molecular flexibility index (Phi) is 7.60. The average Bonchev–Trinajstić information content (AvgIpc) is 3.41. The van der Waals surface area contributed by atoms with Crippen LogP contribution >= 0.6 is 27.3 Å². The van der Waals surface area contributed by atoms with E-state index in [1.54, 1.807) is 17.0 Å². The first-order valence-electron chi connectivity index (χ1n) is 10.6. The quantitative estimate of drug-likeness (QED) is 0.386. The minimum Gasteiger partial charge on any atom is -0.376 e. The van der Waals surface area contributed by atoms with Crippen molar-refractivity contribution in [3.8, 4) is 0 Å². The highest BCUT2D eigenvalue weighted by molar-refractivity contribution is 9.10. The van der Waals surface area contributed by atoms with Crippen LogP contribution in [0.15, 0.2) is 53.0 Å². The van der Waals surface area contributed by atoms with Gasteiger partial charge >= 0.3 is 0 Å². The first-order chi connectivity index (χ1) is 15.4. The summed E-state index contributed by atoms with van der Waals surface area (Å²) in [6.07, 6.45) is 2.31. The Morgan fingerprint density at radius 2 is 2.03 bits per heavy atom. The minimum absolute atomic E-state index is 0.00555. The fourth-order valence-corrected chi connectivity index (χ4v) is 6.73. The molecule has 4 rings (SSSR count). The Hall–Kier alpha value is -1.81. The summed E-state index contributed by atoms with van der Waals surface area (Å²) < 4.78 is 32.7. The Balaban J connectivity index is 1.43. The number of amides is 1. The zero-order valence-corrected chi connectivity index (χ0v) is 20.8. The SMILES string of the molecule is O=C(CCCS(=O)(=O)Cc1ccccc1)N(CC1CCCO1)c1nc2ccc(Br)cc2s1. The second-order valence-corrected chi connectivity index (χ2v) is 12.0. The number of halogens is 1. The van der Waals surface area contributed by atoms with Crippen LogP contribution < -0.4 is 4.90 Å². The van der Waals surface area contributed by atoms with E-state index in [2.05, 4.69) is 20.9 Å². The molecule has 1 saturated heterocycles. The molecule has 2 heterocycles. The summed E-state index contributed by atoms with van der Waals surface area (Å²) in [5.41, 5.74) is 1.60. The van der Waals surface area contributed by atoms with E-state index in [4.69, 9.17) is 4.74 Å². The van der Waals surface area contributed by atoms with E-state index in [1.165, 1.54) is 11.3 Å².